The van der Waals surface area contributed by atoms with Gasteiger partial charge in [-0.2, -0.15) is 20.1 Å². The molecule has 0 amide bonds. The molecular formula is C19H19I2N7O. The Bertz CT molecular complexity index is 1010. The summed E-state index contributed by atoms with van der Waals surface area (Å²) in [5, 5.41) is 17.6. The van der Waals surface area contributed by atoms with Crippen molar-refractivity contribution in [2.24, 2.45) is 5.10 Å². The first-order valence-corrected chi connectivity index (χ1v) is 10.8. The van der Waals surface area contributed by atoms with Crippen LogP contribution >= 0.6 is 45.2 Å². The van der Waals surface area contributed by atoms with E-state index in [2.05, 4.69) is 76.0 Å². The van der Waals surface area contributed by atoms with Crippen molar-refractivity contribution in [2.75, 3.05) is 29.7 Å². The number of hydrogen-bond donors (Lipinski definition) is 3. The third-order valence-electron chi connectivity index (χ3n) is 3.74. The fourth-order valence-electron chi connectivity index (χ4n) is 2.31. The zero-order valence-corrected chi connectivity index (χ0v) is 20.1. The smallest absolute Gasteiger partial charge is 0.250 e. The average molecular weight is 615 g/mol. The molecule has 0 radical (unpaired) electrons. The van der Waals surface area contributed by atoms with Gasteiger partial charge in [0.15, 0.2) is 0 Å². The number of aromatic nitrogens is 3. The van der Waals surface area contributed by atoms with E-state index < -0.39 is 0 Å². The molecule has 3 N–H and O–H groups in total. The van der Waals surface area contributed by atoms with Crippen LogP contribution in [0.2, 0.25) is 0 Å². The molecule has 0 saturated carbocycles. The maximum atomic E-state index is 10.2. The quantitative estimate of drug-likeness (QED) is 0.211. The van der Waals surface area contributed by atoms with Gasteiger partial charge in [0.05, 0.1) is 9.78 Å². The van der Waals surface area contributed by atoms with Gasteiger partial charge in [-0.05, 0) is 62.9 Å². The molecular weight excluding hydrogens is 596 g/mol. The second-order valence-corrected chi connectivity index (χ2v) is 8.62. The predicted molar refractivity (Wildman–Crippen MR) is 133 cm³/mol. The summed E-state index contributed by atoms with van der Waals surface area (Å²) >= 11 is 4.28. The predicted octanol–water partition coefficient (Wildman–Crippen LogP) is 3.91. The van der Waals surface area contributed by atoms with E-state index in [0.717, 1.165) is 12.7 Å². The minimum Gasteiger partial charge on any atom is -0.506 e. The molecule has 0 aliphatic rings. The van der Waals surface area contributed by atoms with E-state index in [1.165, 1.54) is 6.21 Å². The fraction of sp³-hybridized carbons (Fsp3) is 0.158. The van der Waals surface area contributed by atoms with E-state index >= 15 is 0 Å². The summed E-state index contributed by atoms with van der Waals surface area (Å²) in [7, 11) is 3.71. The molecule has 0 aliphatic carbocycles. The highest BCUT2D eigenvalue weighted by Crippen LogP contribution is 2.25. The van der Waals surface area contributed by atoms with Crippen molar-refractivity contribution in [3.05, 3.63) is 60.7 Å². The fourth-order valence-corrected chi connectivity index (χ4v) is 4.20. The molecule has 29 heavy (non-hydrogen) atoms. The molecule has 0 atom stereocenters. The SMILES string of the molecule is CN(C)c1nc(NCc2ccccc2)nc(N/N=C/c2cc(I)cc(I)c2O)n1. The summed E-state index contributed by atoms with van der Waals surface area (Å²) in [6.45, 7) is 0.592. The molecule has 8 nitrogen and oxygen atoms in total. The molecule has 0 bridgehead atoms. The van der Waals surface area contributed by atoms with Crippen molar-refractivity contribution < 1.29 is 5.11 Å². The molecule has 3 rings (SSSR count). The largest absolute Gasteiger partial charge is 0.506 e. The molecule has 0 fully saturated rings. The van der Waals surface area contributed by atoms with Crippen LogP contribution in [-0.4, -0.2) is 40.4 Å². The Hall–Kier alpha value is -2.22. The Morgan fingerprint density at radius 1 is 1.07 bits per heavy atom. The van der Waals surface area contributed by atoms with Crippen molar-refractivity contribution in [1.82, 2.24) is 15.0 Å². The Morgan fingerprint density at radius 3 is 2.52 bits per heavy atom. The first-order chi connectivity index (χ1) is 13.9. The molecule has 0 spiro atoms. The van der Waals surface area contributed by atoms with E-state index in [1.807, 2.05) is 56.6 Å². The number of hydrazone groups is 1. The summed E-state index contributed by atoms with van der Waals surface area (Å²) in [5.74, 6) is 1.43. The molecule has 1 heterocycles. The normalized spacial score (nSPS) is 10.9. The number of halogens is 2. The first-order valence-electron chi connectivity index (χ1n) is 8.60. The second-order valence-electron chi connectivity index (χ2n) is 6.21. The Kier molecular flexibility index (Phi) is 7.41. The summed E-state index contributed by atoms with van der Waals surface area (Å²) in [6.07, 6.45) is 1.54. The summed E-state index contributed by atoms with van der Waals surface area (Å²) in [6, 6.07) is 13.7. The Morgan fingerprint density at radius 2 is 1.79 bits per heavy atom. The minimum absolute atomic E-state index is 0.186. The number of phenols is 1. The minimum atomic E-state index is 0.186. The zero-order valence-electron chi connectivity index (χ0n) is 15.8. The summed E-state index contributed by atoms with van der Waals surface area (Å²) in [4.78, 5) is 14.9. The lowest BCUT2D eigenvalue weighted by Gasteiger charge is -2.13. The maximum absolute atomic E-state index is 10.2. The van der Waals surface area contributed by atoms with Crippen LogP contribution in [-0.2, 0) is 6.54 Å². The molecule has 0 saturated heterocycles. The van der Waals surface area contributed by atoms with Gasteiger partial charge in [0, 0.05) is 29.8 Å². The van der Waals surface area contributed by atoms with Crippen molar-refractivity contribution in [2.45, 2.75) is 6.54 Å². The molecule has 0 unspecified atom stereocenters. The van der Waals surface area contributed by atoms with Gasteiger partial charge in [0.25, 0.3) is 0 Å². The highest BCUT2D eigenvalue weighted by Gasteiger charge is 2.09. The van der Waals surface area contributed by atoms with E-state index in [9.17, 15) is 5.11 Å². The number of benzene rings is 2. The van der Waals surface area contributed by atoms with Crippen LogP contribution in [0.25, 0.3) is 0 Å². The van der Waals surface area contributed by atoms with Crippen molar-refractivity contribution in [1.29, 1.82) is 0 Å². The Labute approximate surface area is 196 Å². The van der Waals surface area contributed by atoms with E-state index in [-0.39, 0.29) is 5.75 Å². The standard InChI is InChI=1S/C19H19I2N7O/c1-28(2)19-25-17(22-10-12-6-4-3-5-7-12)24-18(26-19)27-23-11-13-8-14(20)9-15(21)16(13)29/h3-9,11,29H,10H2,1-2H3,(H2,22,24,25,26,27)/b23-11+. The number of phenolic OH excluding ortho intramolecular Hbond substituents is 1. The third kappa shape index (κ3) is 6.13. The van der Waals surface area contributed by atoms with E-state index in [0.29, 0.717) is 30.0 Å². The van der Waals surface area contributed by atoms with Crippen molar-refractivity contribution in [3.8, 4) is 5.75 Å². The molecule has 1 aromatic heterocycles. The van der Waals surface area contributed by atoms with Gasteiger partial charge in [0.1, 0.15) is 5.75 Å². The lowest BCUT2D eigenvalue weighted by Crippen LogP contribution is -2.16. The van der Waals surface area contributed by atoms with Gasteiger partial charge in [0.2, 0.25) is 17.8 Å². The Balaban J connectivity index is 1.77. The lowest BCUT2D eigenvalue weighted by molar-refractivity contribution is 0.470. The topological polar surface area (TPSA) is 98.6 Å². The molecule has 10 heteroatoms. The van der Waals surface area contributed by atoms with Crippen LogP contribution in [0.3, 0.4) is 0 Å². The molecule has 150 valence electrons. The van der Waals surface area contributed by atoms with Crippen LogP contribution in [0.5, 0.6) is 5.75 Å². The number of hydrogen-bond acceptors (Lipinski definition) is 8. The van der Waals surface area contributed by atoms with Crippen LogP contribution < -0.4 is 15.6 Å². The third-order valence-corrected chi connectivity index (χ3v) is 5.19. The first kappa shape index (κ1) is 21.5. The number of nitrogens with zero attached hydrogens (tertiary/aromatic N) is 5. The number of anilines is 3. The van der Waals surface area contributed by atoms with Gasteiger partial charge in [-0.3, -0.25) is 0 Å². The van der Waals surface area contributed by atoms with Crippen molar-refractivity contribution >= 4 is 69.2 Å². The lowest BCUT2D eigenvalue weighted by atomic mass is 10.2. The summed E-state index contributed by atoms with van der Waals surface area (Å²) < 4.78 is 1.77. The molecule has 3 aromatic rings. The van der Waals surface area contributed by atoms with Gasteiger partial charge < -0.3 is 15.3 Å². The van der Waals surface area contributed by atoms with E-state index in [4.69, 9.17) is 0 Å². The van der Waals surface area contributed by atoms with Gasteiger partial charge in [-0.1, -0.05) is 30.3 Å². The van der Waals surface area contributed by atoms with Crippen LogP contribution in [0.1, 0.15) is 11.1 Å². The van der Waals surface area contributed by atoms with Crippen LogP contribution in [0.4, 0.5) is 17.8 Å². The van der Waals surface area contributed by atoms with Gasteiger partial charge >= 0.3 is 0 Å². The monoisotopic (exact) mass is 615 g/mol. The van der Waals surface area contributed by atoms with E-state index in [1.54, 1.807) is 4.90 Å². The highest BCUT2D eigenvalue weighted by molar-refractivity contribution is 14.1. The van der Waals surface area contributed by atoms with Gasteiger partial charge in [-0.15, -0.1) is 0 Å². The van der Waals surface area contributed by atoms with Crippen LogP contribution in [0.15, 0.2) is 47.6 Å². The van der Waals surface area contributed by atoms with Crippen molar-refractivity contribution in [3.63, 3.8) is 0 Å². The number of rotatable bonds is 7. The van der Waals surface area contributed by atoms with Crippen LogP contribution in [0, 0.1) is 7.14 Å². The molecule has 2 aromatic carbocycles. The number of nitrogens with one attached hydrogen (secondary N) is 2. The second kappa shape index (κ2) is 10.0. The zero-order chi connectivity index (χ0) is 20.8. The van der Waals surface area contributed by atoms with Gasteiger partial charge in [-0.25, -0.2) is 5.43 Å². The number of aromatic hydroxyl groups is 1. The summed E-state index contributed by atoms with van der Waals surface area (Å²) in [5.41, 5.74) is 4.55. The molecule has 0 aliphatic heterocycles. The average Bonchev–Trinajstić information content (AvgIpc) is 2.70. The highest BCUT2D eigenvalue weighted by atomic mass is 127. The maximum Gasteiger partial charge on any atom is 0.250 e.